The van der Waals surface area contributed by atoms with E-state index >= 15 is 0 Å². The summed E-state index contributed by atoms with van der Waals surface area (Å²) < 4.78 is 0. The summed E-state index contributed by atoms with van der Waals surface area (Å²) >= 11 is 6.45. The van der Waals surface area contributed by atoms with E-state index in [2.05, 4.69) is 63.0 Å². The van der Waals surface area contributed by atoms with E-state index < -0.39 is 0 Å². The first-order valence-electron chi connectivity index (χ1n) is 7.56. The zero-order valence-electron chi connectivity index (χ0n) is 13.7. The third kappa shape index (κ3) is 4.99. The Morgan fingerprint density at radius 3 is 2.00 bits per heavy atom. The molecule has 0 fully saturated rings. The van der Waals surface area contributed by atoms with Crippen molar-refractivity contribution in [3.05, 3.63) is 28.8 Å². The number of halogens is 1. The number of nitrogens with zero attached hydrogens (tertiary/aromatic N) is 1. The van der Waals surface area contributed by atoms with Crippen molar-refractivity contribution in [2.45, 2.75) is 40.7 Å². The van der Waals surface area contributed by atoms with Gasteiger partial charge in [-0.15, -0.1) is 0 Å². The molecule has 0 aliphatic carbocycles. The Balaban J connectivity index is 2.99. The van der Waals surface area contributed by atoms with Gasteiger partial charge in [0.2, 0.25) is 0 Å². The summed E-state index contributed by atoms with van der Waals surface area (Å²) in [5, 5.41) is 4.09. The number of anilines is 1. The number of rotatable bonds is 7. The largest absolute Gasteiger partial charge is 0.371 e. The minimum absolute atomic E-state index is 0.278. The molecule has 0 aliphatic rings. The Labute approximate surface area is 129 Å². The summed E-state index contributed by atoms with van der Waals surface area (Å²) in [5.41, 5.74) is 2.39. The Hall–Kier alpha value is -0.730. The molecule has 1 unspecified atom stereocenters. The Bertz CT molecular complexity index is 405. The maximum Gasteiger partial charge on any atom is 0.0474 e. The molecule has 0 bridgehead atoms. The van der Waals surface area contributed by atoms with Crippen LogP contribution in [0.15, 0.2) is 18.2 Å². The van der Waals surface area contributed by atoms with Crippen LogP contribution in [0.5, 0.6) is 0 Å². The molecule has 20 heavy (non-hydrogen) atoms. The maximum atomic E-state index is 6.45. The molecule has 0 aromatic heterocycles. The van der Waals surface area contributed by atoms with Gasteiger partial charge >= 0.3 is 0 Å². The first-order valence-corrected chi connectivity index (χ1v) is 7.94. The van der Waals surface area contributed by atoms with E-state index in [4.69, 9.17) is 11.6 Å². The molecule has 3 heteroatoms. The van der Waals surface area contributed by atoms with Crippen molar-refractivity contribution < 1.29 is 0 Å². The number of hydrogen-bond donors (Lipinski definition) is 1. The molecule has 2 nitrogen and oxygen atoms in total. The predicted molar refractivity (Wildman–Crippen MR) is 90.8 cm³/mol. The van der Waals surface area contributed by atoms with Gasteiger partial charge in [-0.1, -0.05) is 45.4 Å². The van der Waals surface area contributed by atoms with E-state index in [0.29, 0.717) is 11.8 Å². The van der Waals surface area contributed by atoms with Crippen molar-refractivity contribution in [3.63, 3.8) is 0 Å². The van der Waals surface area contributed by atoms with Gasteiger partial charge in [-0.25, -0.2) is 0 Å². The molecule has 0 amide bonds. The SMILES string of the molecule is CNC(C)c1ccc(N(CC(C)C)CC(C)C)cc1Cl. The van der Waals surface area contributed by atoms with Gasteiger partial charge in [-0.2, -0.15) is 0 Å². The highest BCUT2D eigenvalue weighted by molar-refractivity contribution is 6.31. The molecule has 0 spiro atoms. The first kappa shape index (κ1) is 17.3. The third-order valence-electron chi connectivity index (χ3n) is 3.42. The Morgan fingerprint density at radius 1 is 1.05 bits per heavy atom. The highest BCUT2D eigenvalue weighted by Crippen LogP contribution is 2.28. The number of nitrogens with one attached hydrogen (secondary N) is 1. The fraction of sp³-hybridized carbons (Fsp3) is 0.647. The standard InChI is InChI=1S/C17H29ClN2/c1-12(2)10-20(11-13(3)4)15-7-8-16(14(5)19-6)17(18)9-15/h7-9,12-14,19H,10-11H2,1-6H3. The van der Waals surface area contributed by atoms with Gasteiger partial charge in [0.05, 0.1) is 0 Å². The second kappa shape index (κ2) is 7.90. The van der Waals surface area contributed by atoms with E-state index in [-0.39, 0.29) is 6.04 Å². The first-order chi connectivity index (χ1) is 9.35. The number of hydrogen-bond acceptors (Lipinski definition) is 2. The lowest BCUT2D eigenvalue weighted by Gasteiger charge is -2.29. The molecule has 1 rings (SSSR count). The topological polar surface area (TPSA) is 15.3 Å². The fourth-order valence-corrected chi connectivity index (χ4v) is 2.72. The normalized spacial score (nSPS) is 13.1. The monoisotopic (exact) mass is 296 g/mol. The molecule has 0 heterocycles. The molecule has 1 atom stereocenters. The zero-order valence-corrected chi connectivity index (χ0v) is 14.5. The summed E-state index contributed by atoms with van der Waals surface area (Å²) in [6.07, 6.45) is 0. The summed E-state index contributed by atoms with van der Waals surface area (Å²) in [7, 11) is 1.96. The predicted octanol–water partition coefficient (Wildman–Crippen LogP) is 4.74. The minimum atomic E-state index is 0.278. The Kier molecular flexibility index (Phi) is 6.84. The van der Waals surface area contributed by atoms with Crippen molar-refractivity contribution in [2.75, 3.05) is 25.0 Å². The number of benzene rings is 1. The van der Waals surface area contributed by atoms with E-state index in [1.165, 1.54) is 5.69 Å². The van der Waals surface area contributed by atoms with Crippen LogP contribution in [0, 0.1) is 11.8 Å². The fourth-order valence-electron chi connectivity index (χ4n) is 2.39. The second-order valence-electron chi connectivity index (χ2n) is 6.41. The van der Waals surface area contributed by atoms with Crippen LogP contribution in [0.4, 0.5) is 5.69 Å². The summed E-state index contributed by atoms with van der Waals surface area (Å²) in [5.74, 6) is 1.28. The highest BCUT2D eigenvalue weighted by Gasteiger charge is 2.14. The van der Waals surface area contributed by atoms with Crippen LogP contribution in [0.25, 0.3) is 0 Å². The lowest BCUT2D eigenvalue weighted by molar-refractivity contribution is 0.552. The van der Waals surface area contributed by atoms with Crippen LogP contribution in [-0.2, 0) is 0 Å². The Morgan fingerprint density at radius 2 is 1.60 bits per heavy atom. The molecule has 0 saturated heterocycles. The van der Waals surface area contributed by atoms with Gasteiger partial charge < -0.3 is 10.2 Å². The van der Waals surface area contributed by atoms with Crippen molar-refractivity contribution in [1.82, 2.24) is 5.32 Å². The zero-order chi connectivity index (χ0) is 15.3. The summed E-state index contributed by atoms with van der Waals surface area (Å²) in [6.45, 7) is 13.3. The van der Waals surface area contributed by atoms with Gasteiger partial charge in [-0.05, 0) is 43.5 Å². The van der Waals surface area contributed by atoms with Gasteiger partial charge in [0.1, 0.15) is 0 Å². The molecular formula is C17H29ClN2. The second-order valence-corrected chi connectivity index (χ2v) is 6.82. The lowest BCUT2D eigenvalue weighted by atomic mass is 10.1. The van der Waals surface area contributed by atoms with Gasteiger partial charge in [-0.3, -0.25) is 0 Å². The average molecular weight is 297 g/mol. The van der Waals surface area contributed by atoms with Crippen LogP contribution in [0.1, 0.15) is 46.2 Å². The smallest absolute Gasteiger partial charge is 0.0474 e. The third-order valence-corrected chi connectivity index (χ3v) is 3.75. The van der Waals surface area contributed by atoms with Gasteiger partial charge in [0.15, 0.2) is 0 Å². The molecule has 1 N–H and O–H groups in total. The van der Waals surface area contributed by atoms with Crippen molar-refractivity contribution >= 4 is 17.3 Å². The molecule has 0 aliphatic heterocycles. The van der Waals surface area contributed by atoms with Crippen LogP contribution in [0.3, 0.4) is 0 Å². The lowest BCUT2D eigenvalue weighted by Crippen LogP contribution is -2.31. The summed E-state index contributed by atoms with van der Waals surface area (Å²) in [6, 6.07) is 6.72. The molecular weight excluding hydrogens is 268 g/mol. The molecule has 0 radical (unpaired) electrons. The quantitative estimate of drug-likeness (QED) is 0.782. The van der Waals surface area contributed by atoms with E-state index in [1.54, 1.807) is 0 Å². The minimum Gasteiger partial charge on any atom is -0.371 e. The molecule has 114 valence electrons. The van der Waals surface area contributed by atoms with E-state index in [0.717, 1.165) is 23.7 Å². The molecule has 0 saturated carbocycles. The van der Waals surface area contributed by atoms with Crippen LogP contribution >= 0.6 is 11.6 Å². The van der Waals surface area contributed by atoms with Gasteiger partial charge in [0, 0.05) is 29.8 Å². The van der Waals surface area contributed by atoms with Crippen LogP contribution in [0.2, 0.25) is 5.02 Å². The molecule has 1 aromatic rings. The van der Waals surface area contributed by atoms with Crippen LogP contribution in [-0.4, -0.2) is 20.1 Å². The van der Waals surface area contributed by atoms with Crippen molar-refractivity contribution in [3.8, 4) is 0 Å². The van der Waals surface area contributed by atoms with E-state index in [9.17, 15) is 0 Å². The van der Waals surface area contributed by atoms with Crippen molar-refractivity contribution in [2.24, 2.45) is 11.8 Å². The van der Waals surface area contributed by atoms with Crippen molar-refractivity contribution in [1.29, 1.82) is 0 Å². The van der Waals surface area contributed by atoms with Gasteiger partial charge in [0.25, 0.3) is 0 Å². The van der Waals surface area contributed by atoms with Crippen LogP contribution < -0.4 is 10.2 Å². The maximum absolute atomic E-state index is 6.45. The highest BCUT2D eigenvalue weighted by atomic mass is 35.5. The summed E-state index contributed by atoms with van der Waals surface area (Å²) in [4.78, 5) is 2.44. The van der Waals surface area contributed by atoms with E-state index in [1.807, 2.05) is 7.05 Å². The molecule has 1 aromatic carbocycles. The average Bonchev–Trinajstić information content (AvgIpc) is 2.35.